The van der Waals surface area contributed by atoms with Crippen LogP contribution in [0.1, 0.15) is 11.1 Å². The summed E-state index contributed by atoms with van der Waals surface area (Å²) in [6.07, 6.45) is -3.35. The van der Waals surface area contributed by atoms with Crippen molar-refractivity contribution >= 4 is 12.2 Å². The van der Waals surface area contributed by atoms with Gasteiger partial charge in [-0.2, -0.15) is 0 Å². The second-order valence-electron chi connectivity index (χ2n) is 6.68. The van der Waals surface area contributed by atoms with Gasteiger partial charge in [-0.3, -0.25) is 0 Å². The van der Waals surface area contributed by atoms with Gasteiger partial charge in [-0.15, -0.1) is 0 Å². The van der Waals surface area contributed by atoms with Gasteiger partial charge in [-0.25, -0.2) is 0 Å². The van der Waals surface area contributed by atoms with Gasteiger partial charge in [0.05, 0.1) is 13.7 Å². The average molecular weight is 404 g/mol. The molecular formula is C21H24O8. The molecule has 0 aliphatic carbocycles. The summed E-state index contributed by atoms with van der Waals surface area (Å²) >= 11 is 0. The number of phenols is 1. The molecule has 156 valence electrons. The number of hydrogen-bond acceptors (Lipinski definition) is 8. The van der Waals surface area contributed by atoms with Gasteiger partial charge in [0.1, 0.15) is 41.7 Å². The van der Waals surface area contributed by atoms with Crippen LogP contribution in [0.5, 0.6) is 17.2 Å². The maximum Gasteiger partial charge on any atom is 0.229 e. The number of aliphatic hydroxyl groups is 4. The summed E-state index contributed by atoms with van der Waals surface area (Å²) in [5, 5.41) is 49.0. The van der Waals surface area contributed by atoms with E-state index in [4.69, 9.17) is 14.2 Å². The molecule has 5 atom stereocenters. The molecule has 8 nitrogen and oxygen atoms in total. The monoisotopic (exact) mass is 404 g/mol. The fourth-order valence-corrected chi connectivity index (χ4v) is 2.98. The molecule has 0 spiro atoms. The molecule has 2 aromatic rings. The maximum atomic E-state index is 10.1. The summed E-state index contributed by atoms with van der Waals surface area (Å²) in [5.74, 6) is 0.861. The number of phenolic OH excluding ortho intramolecular Hbond substituents is 1. The third-order valence-corrected chi connectivity index (χ3v) is 4.60. The number of aliphatic hydroxyl groups excluding tert-OH is 4. The van der Waals surface area contributed by atoms with Crippen LogP contribution in [-0.2, 0) is 4.74 Å². The molecule has 0 unspecified atom stereocenters. The summed E-state index contributed by atoms with van der Waals surface area (Å²) in [4.78, 5) is 0. The zero-order valence-corrected chi connectivity index (χ0v) is 15.8. The first-order valence-electron chi connectivity index (χ1n) is 9.04. The highest BCUT2D eigenvalue weighted by Gasteiger charge is 2.44. The third kappa shape index (κ3) is 5.06. The predicted molar refractivity (Wildman–Crippen MR) is 104 cm³/mol. The van der Waals surface area contributed by atoms with Gasteiger partial charge in [0.15, 0.2) is 0 Å². The van der Waals surface area contributed by atoms with Crippen LogP contribution in [0.25, 0.3) is 12.2 Å². The van der Waals surface area contributed by atoms with Crippen molar-refractivity contribution in [2.24, 2.45) is 0 Å². The Hall–Kier alpha value is -2.62. The van der Waals surface area contributed by atoms with Crippen LogP contribution in [0.3, 0.4) is 0 Å². The molecule has 2 aromatic carbocycles. The minimum absolute atomic E-state index is 0.0681. The van der Waals surface area contributed by atoms with E-state index in [2.05, 4.69) is 0 Å². The largest absolute Gasteiger partial charge is 0.508 e. The summed E-state index contributed by atoms with van der Waals surface area (Å²) in [6, 6.07) is 11.9. The van der Waals surface area contributed by atoms with Crippen LogP contribution in [0.4, 0.5) is 0 Å². The molecule has 5 N–H and O–H groups in total. The number of ether oxygens (including phenoxy) is 3. The van der Waals surface area contributed by atoms with Crippen molar-refractivity contribution in [3.05, 3.63) is 53.6 Å². The van der Waals surface area contributed by atoms with Crippen molar-refractivity contribution in [2.45, 2.75) is 30.7 Å². The van der Waals surface area contributed by atoms with Crippen LogP contribution in [0.2, 0.25) is 0 Å². The molecule has 1 saturated heterocycles. The van der Waals surface area contributed by atoms with E-state index < -0.39 is 37.3 Å². The second kappa shape index (κ2) is 9.25. The lowest BCUT2D eigenvalue weighted by molar-refractivity contribution is -0.277. The number of methoxy groups -OCH3 is 1. The van der Waals surface area contributed by atoms with Crippen molar-refractivity contribution in [2.75, 3.05) is 13.7 Å². The molecule has 0 amide bonds. The molecule has 0 aromatic heterocycles. The van der Waals surface area contributed by atoms with Crippen molar-refractivity contribution in [3.8, 4) is 17.2 Å². The number of hydrogen-bond donors (Lipinski definition) is 5. The van der Waals surface area contributed by atoms with E-state index in [1.165, 1.54) is 12.1 Å². The highest BCUT2D eigenvalue weighted by Crippen LogP contribution is 2.28. The van der Waals surface area contributed by atoms with Gasteiger partial charge >= 0.3 is 0 Å². The van der Waals surface area contributed by atoms with Gasteiger partial charge < -0.3 is 39.7 Å². The highest BCUT2D eigenvalue weighted by atomic mass is 16.7. The molecule has 1 fully saturated rings. The minimum atomic E-state index is -1.54. The molecule has 0 saturated carbocycles. The average Bonchev–Trinajstić information content (AvgIpc) is 2.72. The van der Waals surface area contributed by atoms with Gasteiger partial charge in [0.25, 0.3) is 0 Å². The fraction of sp³-hybridized carbons (Fsp3) is 0.333. The lowest BCUT2D eigenvalue weighted by Gasteiger charge is -2.39. The van der Waals surface area contributed by atoms with Crippen molar-refractivity contribution in [3.63, 3.8) is 0 Å². The number of rotatable bonds is 6. The van der Waals surface area contributed by atoms with Crippen molar-refractivity contribution in [1.82, 2.24) is 0 Å². The lowest BCUT2D eigenvalue weighted by Crippen LogP contribution is -2.60. The Morgan fingerprint density at radius 1 is 0.897 bits per heavy atom. The minimum Gasteiger partial charge on any atom is -0.508 e. The molecule has 0 bridgehead atoms. The van der Waals surface area contributed by atoms with Gasteiger partial charge in [-0.1, -0.05) is 24.3 Å². The summed E-state index contributed by atoms with van der Waals surface area (Å²) in [5.41, 5.74) is 1.55. The Labute approximate surface area is 167 Å². The number of benzene rings is 2. The first-order chi connectivity index (χ1) is 13.9. The third-order valence-electron chi connectivity index (χ3n) is 4.60. The van der Waals surface area contributed by atoms with E-state index in [0.717, 1.165) is 11.3 Å². The highest BCUT2D eigenvalue weighted by molar-refractivity contribution is 5.71. The van der Waals surface area contributed by atoms with E-state index in [1.807, 2.05) is 30.3 Å². The van der Waals surface area contributed by atoms with E-state index in [-0.39, 0.29) is 11.5 Å². The SMILES string of the molecule is COc1ccc(C=Cc2cc(O)cc(O[C@@H]3O[C@H](CO)[C@@H](O)[C@H](O)[C@H]3O)c2)cc1. The van der Waals surface area contributed by atoms with Crippen LogP contribution in [-0.4, -0.2) is 70.0 Å². The Morgan fingerprint density at radius 2 is 1.59 bits per heavy atom. The Bertz CT molecular complexity index is 833. The van der Waals surface area contributed by atoms with Crippen LogP contribution < -0.4 is 9.47 Å². The molecular weight excluding hydrogens is 380 g/mol. The summed E-state index contributed by atoms with van der Waals surface area (Å²) < 4.78 is 16.0. The van der Waals surface area contributed by atoms with Crippen LogP contribution >= 0.6 is 0 Å². The van der Waals surface area contributed by atoms with Gasteiger partial charge in [0.2, 0.25) is 6.29 Å². The predicted octanol–water partition coefficient (Wildman–Crippen LogP) is 0.750. The molecule has 1 heterocycles. The molecule has 1 aliphatic rings. The van der Waals surface area contributed by atoms with Crippen LogP contribution in [0, 0.1) is 0 Å². The number of aromatic hydroxyl groups is 1. The van der Waals surface area contributed by atoms with Crippen molar-refractivity contribution in [1.29, 1.82) is 0 Å². The quantitative estimate of drug-likeness (QED) is 0.446. The van der Waals surface area contributed by atoms with Gasteiger partial charge in [-0.05, 0) is 35.4 Å². The first-order valence-corrected chi connectivity index (χ1v) is 9.04. The first kappa shape index (κ1) is 21.1. The van der Waals surface area contributed by atoms with E-state index in [1.54, 1.807) is 19.3 Å². The zero-order chi connectivity index (χ0) is 21.0. The normalized spacial score (nSPS) is 27.1. The van der Waals surface area contributed by atoms with E-state index in [0.29, 0.717) is 5.56 Å². The summed E-state index contributed by atoms with van der Waals surface area (Å²) in [7, 11) is 1.59. The van der Waals surface area contributed by atoms with E-state index >= 15 is 0 Å². The Balaban J connectivity index is 1.75. The Kier molecular flexibility index (Phi) is 6.73. The fourth-order valence-electron chi connectivity index (χ4n) is 2.98. The molecule has 1 aliphatic heterocycles. The topological polar surface area (TPSA) is 129 Å². The molecule has 3 rings (SSSR count). The molecule has 29 heavy (non-hydrogen) atoms. The second-order valence-corrected chi connectivity index (χ2v) is 6.68. The molecule has 8 heteroatoms. The zero-order valence-electron chi connectivity index (χ0n) is 15.8. The Morgan fingerprint density at radius 3 is 2.24 bits per heavy atom. The van der Waals surface area contributed by atoms with Crippen LogP contribution in [0.15, 0.2) is 42.5 Å². The van der Waals surface area contributed by atoms with Crippen molar-refractivity contribution < 1.29 is 39.7 Å². The standard InChI is InChI=1S/C21H24O8/c1-27-15-6-4-12(5-7-15)2-3-13-8-14(23)10-16(9-13)28-21-20(26)19(25)18(24)17(11-22)29-21/h2-10,17-26H,11H2,1H3/t17-,18-,19+,20-,21-/m1/s1. The molecule has 0 radical (unpaired) electrons. The van der Waals surface area contributed by atoms with Gasteiger partial charge in [0, 0.05) is 6.07 Å². The smallest absolute Gasteiger partial charge is 0.229 e. The maximum absolute atomic E-state index is 10.1. The lowest BCUT2D eigenvalue weighted by atomic mass is 9.99. The summed E-state index contributed by atoms with van der Waals surface area (Å²) in [6.45, 7) is -0.555. The van der Waals surface area contributed by atoms with E-state index in [9.17, 15) is 25.5 Å².